The largest absolute Gasteiger partial charge is 0.435 e. The third-order valence-corrected chi connectivity index (χ3v) is 2.81. The molecule has 3 rings (SSSR count). The van der Waals surface area contributed by atoms with E-state index in [0.29, 0.717) is 13.0 Å². The van der Waals surface area contributed by atoms with Crippen LogP contribution in [0.25, 0.3) is 5.43 Å². The molecule has 0 aromatic carbocycles. The molecule has 1 amide bonds. The standard InChI is InChI=1S/C12H12N2O3/c15-12-7-16-8-14(12)13-10-5-6-17-11-4-2-1-3-9(10)11/h1-4,8,11H,5-7H2. The van der Waals surface area contributed by atoms with E-state index in [1.165, 1.54) is 11.1 Å². The molecule has 3 aliphatic rings. The number of rotatable bonds is 2. The fourth-order valence-corrected chi connectivity index (χ4v) is 1.98. The lowest BCUT2D eigenvalue weighted by molar-refractivity contribution is -0.388. The Balaban J connectivity index is 1.86. The number of ether oxygens (including phenoxy) is 2. The van der Waals surface area contributed by atoms with Gasteiger partial charge in [0.1, 0.15) is 0 Å². The van der Waals surface area contributed by atoms with Crippen molar-refractivity contribution in [3.63, 3.8) is 0 Å². The molecule has 1 unspecified atom stereocenters. The Kier molecular flexibility index (Phi) is 2.53. The topological polar surface area (TPSA) is 52.6 Å². The van der Waals surface area contributed by atoms with Crippen molar-refractivity contribution in [3.05, 3.63) is 41.0 Å². The van der Waals surface area contributed by atoms with E-state index in [4.69, 9.17) is 9.47 Å². The van der Waals surface area contributed by atoms with Crippen LogP contribution in [0.3, 0.4) is 0 Å². The second-order valence-electron chi connectivity index (χ2n) is 3.94. The molecule has 2 aliphatic heterocycles. The zero-order valence-corrected chi connectivity index (χ0v) is 9.20. The SMILES string of the molecule is O=C1COC=[N+]1[N-]C1=C2C=CC=CC2OCC1. The highest BCUT2D eigenvalue weighted by Crippen LogP contribution is 2.29. The average Bonchev–Trinajstić information content (AvgIpc) is 2.76. The summed E-state index contributed by atoms with van der Waals surface area (Å²) in [6.45, 7) is 0.690. The van der Waals surface area contributed by atoms with Gasteiger partial charge in [-0.2, -0.15) is 4.68 Å². The summed E-state index contributed by atoms with van der Waals surface area (Å²) in [6.07, 6.45) is 9.88. The van der Waals surface area contributed by atoms with Crippen LogP contribution in [0.4, 0.5) is 0 Å². The molecule has 0 bridgehead atoms. The first-order chi connectivity index (χ1) is 8.34. The molecular formula is C12H12N2O3. The van der Waals surface area contributed by atoms with Gasteiger partial charge < -0.3 is 14.9 Å². The number of hydrogen-bond donors (Lipinski definition) is 0. The molecule has 5 heteroatoms. The van der Waals surface area contributed by atoms with Crippen molar-refractivity contribution in [1.29, 1.82) is 0 Å². The summed E-state index contributed by atoms with van der Waals surface area (Å²) in [4.78, 5) is 11.4. The van der Waals surface area contributed by atoms with Crippen LogP contribution in [0.15, 0.2) is 35.6 Å². The second kappa shape index (κ2) is 4.18. The first-order valence-electron chi connectivity index (χ1n) is 5.53. The van der Waals surface area contributed by atoms with E-state index in [1.807, 2.05) is 24.3 Å². The van der Waals surface area contributed by atoms with Gasteiger partial charge in [0.05, 0.1) is 12.7 Å². The van der Waals surface area contributed by atoms with Gasteiger partial charge in [0.25, 0.3) is 0 Å². The number of amides is 1. The Morgan fingerprint density at radius 3 is 3.18 bits per heavy atom. The number of allylic oxidation sites excluding steroid dienone is 2. The summed E-state index contributed by atoms with van der Waals surface area (Å²) >= 11 is 0. The maximum atomic E-state index is 11.4. The molecule has 0 fully saturated rings. The molecule has 0 N–H and O–H groups in total. The van der Waals surface area contributed by atoms with Crippen LogP contribution < -0.4 is 0 Å². The van der Waals surface area contributed by atoms with Crippen LogP contribution in [0.5, 0.6) is 0 Å². The molecule has 1 atom stereocenters. The van der Waals surface area contributed by atoms with Crippen LogP contribution in [0, 0.1) is 0 Å². The molecular weight excluding hydrogens is 220 g/mol. The second-order valence-corrected chi connectivity index (χ2v) is 3.94. The Bertz CT molecular complexity index is 474. The van der Waals surface area contributed by atoms with Crippen molar-refractivity contribution in [2.24, 2.45) is 0 Å². The van der Waals surface area contributed by atoms with Gasteiger partial charge in [-0.15, -0.1) is 0 Å². The third kappa shape index (κ3) is 1.89. The number of nitrogens with zero attached hydrogens (tertiary/aromatic N) is 2. The number of carbonyl (C=O) groups is 1. The van der Waals surface area contributed by atoms with Crippen LogP contribution in [0.1, 0.15) is 6.42 Å². The number of carbonyl (C=O) groups excluding carboxylic acids is 1. The Morgan fingerprint density at radius 1 is 1.41 bits per heavy atom. The van der Waals surface area contributed by atoms with Crippen LogP contribution in [0.2, 0.25) is 0 Å². The Hall–Kier alpha value is -1.88. The van der Waals surface area contributed by atoms with Gasteiger partial charge >= 0.3 is 12.3 Å². The van der Waals surface area contributed by atoms with Crippen molar-refractivity contribution in [1.82, 2.24) is 0 Å². The Labute approximate surface area is 98.7 Å². The minimum absolute atomic E-state index is 0.0360. The van der Waals surface area contributed by atoms with Crippen molar-refractivity contribution >= 4 is 12.3 Å². The van der Waals surface area contributed by atoms with E-state index in [0.717, 1.165) is 11.3 Å². The predicted molar refractivity (Wildman–Crippen MR) is 60.3 cm³/mol. The van der Waals surface area contributed by atoms with E-state index in [1.54, 1.807) is 0 Å². The highest BCUT2D eigenvalue weighted by molar-refractivity contribution is 5.77. The number of fused-ring (bicyclic) bond motifs is 1. The fraction of sp³-hybridized carbons (Fsp3) is 0.333. The minimum atomic E-state index is -0.142. The van der Waals surface area contributed by atoms with Crippen molar-refractivity contribution in [3.8, 4) is 0 Å². The molecule has 88 valence electrons. The quantitative estimate of drug-likeness (QED) is 0.668. The maximum Gasteiger partial charge on any atom is 0.423 e. The summed E-state index contributed by atoms with van der Waals surface area (Å²) in [5, 5.41) is 0. The summed E-state index contributed by atoms with van der Waals surface area (Å²) < 4.78 is 11.8. The molecule has 5 nitrogen and oxygen atoms in total. The number of hydrogen-bond acceptors (Lipinski definition) is 3. The lowest BCUT2D eigenvalue weighted by Crippen LogP contribution is -2.24. The van der Waals surface area contributed by atoms with Gasteiger partial charge in [-0.05, 0) is 12.0 Å². The minimum Gasteiger partial charge on any atom is -0.435 e. The van der Waals surface area contributed by atoms with Crippen LogP contribution >= 0.6 is 0 Å². The molecule has 17 heavy (non-hydrogen) atoms. The monoisotopic (exact) mass is 232 g/mol. The third-order valence-electron chi connectivity index (χ3n) is 2.81. The summed E-state index contributed by atoms with van der Waals surface area (Å²) in [5.41, 5.74) is 6.22. The van der Waals surface area contributed by atoms with Gasteiger partial charge in [-0.3, -0.25) is 0 Å². The van der Waals surface area contributed by atoms with Crippen LogP contribution in [-0.4, -0.2) is 36.3 Å². The smallest absolute Gasteiger partial charge is 0.423 e. The van der Waals surface area contributed by atoms with Gasteiger partial charge in [-0.1, -0.05) is 30.0 Å². The molecule has 0 saturated heterocycles. The van der Waals surface area contributed by atoms with Crippen molar-refractivity contribution in [2.45, 2.75) is 12.5 Å². The summed E-state index contributed by atoms with van der Waals surface area (Å²) in [6, 6.07) is 0. The maximum absolute atomic E-state index is 11.4. The first-order valence-corrected chi connectivity index (χ1v) is 5.53. The summed E-state index contributed by atoms with van der Waals surface area (Å²) in [5.74, 6) is -0.142. The molecule has 1 aliphatic carbocycles. The zero-order chi connectivity index (χ0) is 11.7. The normalized spacial score (nSPS) is 26.7. The molecule has 0 saturated carbocycles. The van der Waals surface area contributed by atoms with Gasteiger partial charge in [0.2, 0.25) is 6.61 Å². The van der Waals surface area contributed by atoms with Gasteiger partial charge in [0, 0.05) is 0 Å². The fourth-order valence-electron chi connectivity index (χ4n) is 1.98. The van der Waals surface area contributed by atoms with Crippen molar-refractivity contribution in [2.75, 3.05) is 13.2 Å². The molecule has 0 aromatic heterocycles. The van der Waals surface area contributed by atoms with E-state index in [9.17, 15) is 4.79 Å². The van der Waals surface area contributed by atoms with E-state index < -0.39 is 0 Å². The molecule has 2 heterocycles. The van der Waals surface area contributed by atoms with Crippen molar-refractivity contribution < 1.29 is 19.0 Å². The molecule has 0 radical (unpaired) electrons. The lowest BCUT2D eigenvalue weighted by atomic mass is 9.99. The van der Waals surface area contributed by atoms with Crippen LogP contribution in [-0.2, 0) is 14.3 Å². The Morgan fingerprint density at radius 2 is 2.35 bits per heavy atom. The van der Waals surface area contributed by atoms with E-state index in [2.05, 4.69) is 5.43 Å². The van der Waals surface area contributed by atoms with E-state index >= 15 is 0 Å². The average molecular weight is 232 g/mol. The van der Waals surface area contributed by atoms with E-state index in [-0.39, 0.29) is 18.6 Å². The van der Waals surface area contributed by atoms with Gasteiger partial charge in [0.15, 0.2) is 0 Å². The highest BCUT2D eigenvalue weighted by Gasteiger charge is 2.23. The van der Waals surface area contributed by atoms with Gasteiger partial charge in [-0.25, -0.2) is 4.79 Å². The predicted octanol–water partition coefficient (Wildman–Crippen LogP) is 1.04. The zero-order valence-electron chi connectivity index (χ0n) is 9.20. The molecule has 0 spiro atoms. The summed E-state index contributed by atoms with van der Waals surface area (Å²) in [7, 11) is 0. The highest BCUT2D eigenvalue weighted by atomic mass is 16.5. The molecule has 0 aromatic rings. The first kappa shape index (κ1) is 10.3. The lowest BCUT2D eigenvalue weighted by Gasteiger charge is -2.31.